The first kappa shape index (κ1) is 16.5. The van der Waals surface area contributed by atoms with Crippen LogP contribution in [-0.2, 0) is 0 Å². The van der Waals surface area contributed by atoms with Crippen LogP contribution in [0.4, 0.5) is 0 Å². The Bertz CT molecular complexity index is 968. The largest absolute Gasteiger partial charge is 0.497 e. The predicted octanol–water partition coefficient (Wildman–Crippen LogP) is 2.18. The Morgan fingerprint density at radius 1 is 1.24 bits per heavy atom. The first-order valence-electron chi connectivity index (χ1n) is 7.44. The number of methoxy groups -OCH3 is 2. The second-order valence-corrected chi connectivity index (χ2v) is 5.46. The maximum Gasteiger partial charge on any atom is 0.343 e. The maximum absolute atomic E-state index is 12.5. The summed E-state index contributed by atoms with van der Waals surface area (Å²) in [6, 6.07) is 8.71. The lowest BCUT2D eigenvalue weighted by molar-refractivity contribution is 0.366. The van der Waals surface area contributed by atoms with E-state index < -0.39 is 11.5 Å². The molecule has 3 rings (SSSR count). The summed E-state index contributed by atoms with van der Waals surface area (Å²) >= 11 is 0. The predicted molar refractivity (Wildman–Crippen MR) is 88.6 cm³/mol. The minimum Gasteiger partial charge on any atom is -0.497 e. The molecule has 0 fully saturated rings. The van der Waals surface area contributed by atoms with Gasteiger partial charge in [-0.2, -0.15) is 5.26 Å². The number of nitriles is 1. The molecule has 7 nitrogen and oxygen atoms in total. The van der Waals surface area contributed by atoms with Gasteiger partial charge in [0.25, 0.3) is 0 Å². The molecule has 1 aromatic carbocycles. The van der Waals surface area contributed by atoms with Gasteiger partial charge in [0.05, 0.1) is 25.7 Å². The van der Waals surface area contributed by atoms with Gasteiger partial charge in [-0.15, -0.1) is 0 Å². The number of allylic oxidation sites excluding steroid dienone is 1. The molecule has 0 bridgehead atoms. The highest BCUT2D eigenvalue weighted by Gasteiger charge is 2.36. The lowest BCUT2D eigenvalue weighted by atomic mass is 9.84. The molecular weight excluding hydrogens is 324 g/mol. The molecule has 2 N–H and O–H groups in total. The fraction of sp³-hybridized carbons (Fsp3) is 0.222. The van der Waals surface area contributed by atoms with Crippen molar-refractivity contribution in [1.29, 1.82) is 5.26 Å². The molecule has 0 amide bonds. The topological polar surface area (TPSA) is 108 Å². The van der Waals surface area contributed by atoms with Crippen molar-refractivity contribution in [3.8, 4) is 23.3 Å². The third kappa shape index (κ3) is 2.68. The van der Waals surface area contributed by atoms with Gasteiger partial charge in [0.15, 0.2) is 0 Å². The van der Waals surface area contributed by atoms with Gasteiger partial charge in [0.1, 0.15) is 34.7 Å². The van der Waals surface area contributed by atoms with Gasteiger partial charge >= 0.3 is 5.63 Å². The number of ether oxygens (including phenoxy) is 3. The maximum atomic E-state index is 12.5. The van der Waals surface area contributed by atoms with Crippen molar-refractivity contribution in [1.82, 2.24) is 0 Å². The third-order valence-electron chi connectivity index (χ3n) is 4.01. The number of hydrogen-bond acceptors (Lipinski definition) is 7. The molecule has 0 spiro atoms. The summed E-state index contributed by atoms with van der Waals surface area (Å²) in [5.74, 6) is 0.886. The Hall–Kier alpha value is -3.40. The molecule has 128 valence electrons. The second kappa shape index (κ2) is 6.24. The minimum absolute atomic E-state index is 0.0529. The Balaban J connectivity index is 2.32. The minimum atomic E-state index is -0.758. The zero-order valence-electron chi connectivity index (χ0n) is 14.0. The Morgan fingerprint density at radius 2 is 2.00 bits per heavy atom. The van der Waals surface area contributed by atoms with E-state index >= 15 is 0 Å². The van der Waals surface area contributed by atoms with E-state index in [2.05, 4.69) is 0 Å². The fourth-order valence-electron chi connectivity index (χ4n) is 2.89. The van der Waals surface area contributed by atoms with E-state index in [1.54, 1.807) is 31.2 Å². The van der Waals surface area contributed by atoms with Crippen molar-refractivity contribution in [2.75, 3.05) is 14.2 Å². The highest BCUT2D eigenvalue weighted by molar-refractivity contribution is 5.58. The SMILES string of the molecule is COc1ccc(C2C(C#N)=C(N)Oc3cc(C)oc(=O)c32)c(OC)c1. The van der Waals surface area contributed by atoms with E-state index in [9.17, 15) is 10.1 Å². The van der Waals surface area contributed by atoms with Crippen molar-refractivity contribution in [2.45, 2.75) is 12.8 Å². The fourth-order valence-corrected chi connectivity index (χ4v) is 2.89. The van der Waals surface area contributed by atoms with Crippen molar-refractivity contribution in [3.63, 3.8) is 0 Å². The summed E-state index contributed by atoms with van der Waals surface area (Å²) in [6.07, 6.45) is 0. The number of nitrogens with two attached hydrogens (primary N) is 1. The van der Waals surface area contributed by atoms with Crippen LogP contribution >= 0.6 is 0 Å². The summed E-state index contributed by atoms with van der Waals surface area (Å²) in [6.45, 7) is 1.63. The molecule has 0 saturated heterocycles. The Morgan fingerprint density at radius 3 is 2.64 bits per heavy atom. The number of aryl methyl sites for hydroxylation is 1. The molecule has 2 aromatic rings. The van der Waals surface area contributed by atoms with Gasteiger partial charge in [0, 0.05) is 17.7 Å². The number of fused-ring (bicyclic) bond motifs is 1. The summed E-state index contributed by atoms with van der Waals surface area (Å²) in [5.41, 5.74) is 6.24. The Kier molecular flexibility index (Phi) is 4.11. The van der Waals surface area contributed by atoms with Crippen LogP contribution in [0.1, 0.15) is 22.8 Å². The molecule has 1 aliphatic heterocycles. The van der Waals surface area contributed by atoms with E-state index in [0.717, 1.165) is 0 Å². The molecule has 1 unspecified atom stereocenters. The van der Waals surface area contributed by atoms with E-state index in [4.69, 9.17) is 24.4 Å². The molecule has 0 radical (unpaired) electrons. The smallest absolute Gasteiger partial charge is 0.343 e. The van der Waals surface area contributed by atoms with Crippen molar-refractivity contribution in [3.05, 3.63) is 63.0 Å². The van der Waals surface area contributed by atoms with Crippen LogP contribution in [0.3, 0.4) is 0 Å². The number of hydrogen-bond donors (Lipinski definition) is 1. The monoisotopic (exact) mass is 340 g/mol. The van der Waals surface area contributed by atoms with Crippen LogP contribution in [0.25, 0.3) is 0 Å². The molecule has 1 aliphatic rings. The summed E-state index contributed by atoms with van der Waals surface area (Å²) in [5, 5.41) is 9.56. The quantitative estimate of drug-likeness (QED) is 0.912. The van der Waals surface area contributed by atoms with E-state index in [1.165, 1.54) is 14.2 Å². The first-order valence-corrected chi connectivity index (χ1v) is 7.44. The number of rotatable bonds is 3. The van der Waals surface area contributed by atoms with Crippen molar-refractivity contribution in [2.24, 2.45) is 5.73 Å². The average molecular weight is 340 g/mol. The van der Waals surface area contributed by atoms with Gasteiger partial charge in [0.2, 0.25) is 5.88 Å². The van der Waals surface area contributed by atoms with Gasteiger partial charge in [-0.25, -0.2) is 4.79 Å². The lowest BCUT2D eigenvalue weighted by Crippen LogP contribution is -2.26. The highest BCUT2D eigenvalue weighted by Crippen LogP contribution is 2.44. The molecule has 1 aromatic heterocycles. The standard InChI is InChI=1S/C18H16N2O5/c1-9-6-14-16(18(21)24-9)15(12(8-19)17(20)25-14)11-5-4-10(22-2)7-13(11)23-3/h4-7,15H,20H2,1-3H3. The Labute approximate surface area is 143 Å². The zero-order valence-corrected chi connectivity index (χ0v) is 14.0. The van der Waals surface area contributed by atoms with Crippen LogP contribution < -0.4 is 25.6 Å². The summed E-state index contributed by atoms with van der Waals surface area (Å²) in [4.78, 5) is 12.5. The molecule has 0 aliphatic carbocycles. The van der Waals surface area contributed by atoms with Crippen molar-refractivity contribution < 1.29 is 18.6 Å². The lowest BCUT2D eigenvalue weighted by Gasteiger charge is -2.26. The van der Waals surface area contributed by atoms with Crippen LogP contribution in [0, 0.1) is 18.3 Å². The molecular formula is C18H16N2O5. The first-order chi connectivity index (χ1) is 12.0. The summed E-state index contributed by atoms with van der Waals surface area (Å²) in [7, 11) is 3.03. The normalized spacial score (nSPS) is 15.8. The molecule has 25 heavy (non-hydrogen) atoms. The third-order valence-corrected chi connectivity index (χ3v) is 4.01. The van der Waals surface area contributed by atoms with Crippen LogP contribution in [-0.4, -0.2) is 14.2 Å². The van der Waals surface area contributed by atoms with Gasteiger partial charge in [-0.05, 0) is 13.0 Å². The molecule has 1 atom stereocenters. The van der Waals surface area contributed by atoms with Gasteiger partial charge in [-0.3, -0.25) is 0 Å². The highest BCUT2D eigenvalue weighted by atomic mass is 16.5. The van der Waals surface area contributed by atoms with E-state index in [-0.39, 0.29) is 22.8 Å². The van der Waals surface area contributed by atoms with Crippen LogP contribution in [0.15, 0.2) is 44.9 Å². The van der Waals surface area contributed by atoms with Crippen LogP contribution in [0.2, 0.25) is 0 Å². The zero-order chi connectivity index (χ0) is 18.1. The van der Waals surface area contributed by atoms with E-state index in [0.29, 0.717) is 22.8 Å². The number of benzene rings is 1. The molecule has 2 heterocycles. The van der Waals surface area contributed by atoms with Gasteiger partial charge < -0.3 is 24.4 Å². The summed E-state index contributed by atoms with van der Waals surface area (Å²) < 4.78 is 21.3. The average Bonchev–Trinajstić information content (AvgIpc) is 2.59. The molecule has 7 heteroatoms. The second-order valence-electron chi connectivity index (χ2n) is 5.46. The van der Waals surface area contributed by atoms with E-state index in [1.807, 2.05) is 6.07 Å². The molecule has 0 saturated carbocycles. The van der Waals surface area contributed by atoms with Crippen molar-refractivity contribution >= 4 is 0 Å². The van der Waals surface area contributed by atoms with Gasteiger partial charge in [-0.1, -0.05) is 6.07 Å². The number of nitrogens with zero attached hydrogens (tertiary/aromatic N) is 1. The van der Waals surface area contributed by atoms with Crippen LogP contribution in [0.5, 0.6) is 17.2 Å².